The Morgan fingerprint density at radius 2 is 1.50 bits per heavy atom. The lowest BCUT2D eigenvalue weighted by Gasteiger charge is -2.10. The number of aryl methyl sites for hydroxylation is 3. The Labute approximate surface area is 118 Å². The molecule has 0 radical (unpaired) electrons. The van der Waals surface area contributed by atoms with E-state index in [-0.39, 0.29) is 5.69 Å². The van der Waals surface area contributed by atoms with Crippen LogP contribution in [0.1, 0.15) is 16.7 Å². The summed E-state index contributed by atoms with van der Waals surface area (Å²) < 4.78 is 3.56. The monoisotopic (exact) mass is 266 g/mol. The van der Waals surface area contributed by atoms with Gasteiger partial charge in [-0.2, -0.15) is 0 Å². The maximum Gasteiger partial charge on any atom is 0.329 e. The zero-order valence-electron chi connectivity index (χ0n) is 12.1. The Morgan fingerprint density at radius 3 is 2.15 bits per heavy atom. The molecule has 3 nitrogen and oxygen atoms in total. The van der Waals surface area contributed by atoms with Crippen molar-refractivity contribution in [3.05, 3.63) is 69.6 Å². The Morgan fingerprint density at radius 1 is 0.900 bits per heavy atom. The minimum absolute atomic E-state index is 0.0360. The molecule has 1 aromatic heterocycles. The second-order valence-corrected chi connectivity index (χ2v) is 5.29. The van der Waals surface area contributed by atoms with Crippen LogP contribution in [0.5, 0.6) is 0 Å². The lowest BCUT2D eigenvalue weighted by Crippen LogP contribution is -2.23. The summed E-state index contributed by atoms with van der Waals surface area (Å²) in [6.07, 6.45) is 0. The smallest absolute Gasteiger partial charge is 0.295 e. The van der Waals surface area contributed by atoms with Gasteiger partial charge in [0.05, 0.1) is 17.6 Å². The molecule has 0 atom stereocenters. The van der Waals surface area contributed by atoms with Crippen molar-refractivity contribution in [2.45, 2.75) is 20.4 Å². The van der Waals surface area contributed by atoms with Crippen LogP contribution >= 0.6 is 0 Å². The van der Waals surface area contributed by atoms with Gasteiger partial charge in [-0.1, -0.05) is 30.3 Å². The van der Waals surface area contributed by atoms with Crippen molar-refractivity contribution < 1.29 is 0 Å². The van der Waals surface area contributed by atoms with Crippen molar-refractivity contribution >= 4 is 11.0 Å². The number of hydrogen-bond acceptors (Lipinski definition) is 1. The second kappa shape index (κ2) is 4.67. The van der Waals surface area contributed by atoms with Crippen molar-refractivity contribution in [2.75, 3.05) is 0 Å². The lowest BCUT2D eigenvalue weighted by atomic mass is 10.0. The third-order valence-corrected chi connectivity index (χ3v) is 4.01. The summed E-state index contributed by atoms with van der Waals surface area (Å²) in [6, 6.07) is 14.2. The van der Waals surface area contributed by atoms with Crippen LogP contribution in [0.15, 0.2) is 47.3 Å². The third kappa shape index (κ3) is 1.86. The van der Waals surface area contributed by atoms with Crippen LogP contribution in [0.4, 0.5) is 0 Å². The van der Waals surface area contributed by atoms with Gasteiger partial charge in [-0.15, -0.1) is 0 Å². The summed E-state index contributed by atoms with van der Waals surface area (Å²) in [5.74, 6) is 0. The first-order valence-electron chi connectivity index (χ1n) is 6.79. The molecular weight excluding hydrogens is 248 g/mol. The number of benzene rings is 2. The van der Waals surface area contributed by atoms with Crippen LogP contribution in [0.25, 0.3) is 11.0 Å². The van der Waals surface area contributed by atoms with Crippen molar-refractivity contribution in [1.82, 2.24) is 9.13 Å². The van der Waals surface area contributed by atoms with Gasteiger partial charge in [-0.25, -0.2) is 4.79 Å². The average Bonchev–Trinajstić information content (AvgIpc) is 2.68. The van der Waals surface area contributed by atoms with E-state index < -0.39 is 0 Å². The predicted molar refractivity (Wildman–Crippen MR) is 82.2 cm³/mol. The first kappa shape index (κ1) is 12.7. The van der Waals surface area contributed by atoms with E-state index in [0.29, 0.717) is 6.54 Å². The lowest BCUT2D eigenvalue weighted by molar-refractivity contribution is 0.730. The van der Waals surface area contributed by atoms with E-state index in [4.69, 9.17) is 0 Å². The minimum Gasteiger partial charge on any atom is -0.295 e. The van der Waals surface area contributed by atoms with E-state index in [2.05, 4.69) is 32.0 Å². The van der Waals surface area contributed by atoms with Gasteiger partial charge in [0.1, 0.15) is 0 Å². The summed E-state index contributed by atoms with van der Waals surface area (Å²) in [4.78, 5) is 12.4. The molecule has 3 rings (SSSR count). The molecule has 2 aromatic carbocycles. The molecule has 0 bridgehead atoms. The summed E-state index contributed by atoms with van der Waals surface area (Å²) in [6.45, 7) is 4.82. The van der Waals surface area contributed by atoms with Crippen LogP contribution in [-0.2, 0) is 13.6 Å². The zero-order chi connectivity index (χ0) is 14.3. The summed E-state index contributed by atoms with van der Waals surface area (Å²) >= 11 is 0. The molecule has 0 unspecified atom stereocenters. The molecule has 20 heavy (non-hydrogen) atoms. The van der Waals surface area contributed by atoms with Gasteiger partial charge in [-0.3, -0.25) is 9.13 Å². The fourth-order valence-corrected chi connectivity index (χ4v) is 2.77. The van der Waals surface area contributed by atoms with Crippen LogP contribution < -0.4 is 5.69 Å². The van der Waals surface area contributed by atoms with E-state index in [1.165, 1.54) is 16.7 Å². The van der Waals surface area contributed by atoms with Gasteiger partial charge in [0, 0.05) is 7.05 Å². The molecule has 3 heteroatoms. The molecule has 0 saturated heterocycles. The standard InChI is InChI=1S/C17H18N2O/c1-12-7-6-8-13(2)14(12)11-19-16-10-5-4-9-15(16)18(3)17(19)20/h4-10H,11H2,1-3H3. The first-order valence-corrected chi connectivity index (χ1v) is 6.79. The number of fused-ring (bicyclic) bond motifs is 1. The van der Waals surface area contributed by atoms with E-state index in [0.717, 1.165) is 11.0 Å². The summed E-state index contributed by atoms with van der Waals surface area (Å²) in [7, 11) is 1.83. The fourth-order valence-electron chi connectivity index (χ4n) is 2.77. The maximum absolute atomic E-state index is 12.4. The highest BCUT2D eigenvalue weighted by Crippen LogP contribution is 2.18. The largest absolute Gasteiger partial charge is 0.329 e. The quantitative estimate of drug-likeness (QED) is 0.700. The van der Waals surface area contributed by atoms with Gasteiger partial charge in [-0.05, 0) is 42.7 Å². The molecule has 3 aromatic rings. The summed E-state index contributed by atoms with van der Waals surface area (Å²) in [5.41, 5.74) is 5.68. The topological polar surface area (TPSA) is 26.9 Å². The molecule has 0 aliphatic heterocycles. The minimum atomic E-state index is 0.0360. The predicted octanol–water partition coefficient (Wildman–Crippen LogP) is 3.01. The molecule has 0 fully saturated rings. The van der Waals surface area contributed by atoms with Crippen molar-refractivity contribution in [3.63, 3.8) is 0 Å². The number of aromatic nitrogens is 2. The molecule has 0 spiro atoms. The number of imidazole rings is 1. The molecule has 0 saturated carbocycles. The number of rotatable bonds is 2. The SMILES string of the molecule is Cc1cccc(C)c1Cn1c(=O)n(C)c2ccccc21. The highest BCUT2D eigenvalue weighted by atomic mass is 16.1. The average molecular weight is 266 g/mol. The maximum atomic E-state index is 12.4. The Bertz CT molecular complexity index is 820. The second-order valence-electron chi connectivity index (χ2n) is 5.29. The molecule has 0 N–H and O–H groups in total. The van der Waals surface area contributed by atoms with Gasteiger partial charge >= 0.3 is 5.69 Å². The fraction of sp³-hybridized carbons (Fsp3) is 0.235. The van der Waals surface area contributed by atoms with Crippen LogP contribution in [-0.4, -0.2) is 9.13 Å². The molecule has 1 heterocycles. The van der Waals surface area contributed by atoms with E-state index in [9.17, 15) is 4.79 Å². The van der Waals surface area contributed by atoms with Gasteiger partial charge in [0.2, 0.25) is 0 Å². The first-order chi connectivity index (χ1) is 9.59. The molecule has 102 valence electrons. The van der Waals surface area contributed by atoms with Crippen molar-refractivity contribution in [2.24, 2.45) is 7.05 Å². The Balaban J connectivity index is 2.22. The van der Waals surface area contributed by atoms with Crippen molar-refractivity contribution in [1.29, 1.82) is 0 Å². The van der Waals surface area contributed by atoms with Gasteiger partial charge in [0.15, 0.2) is 0 Å². The van der Waals surface area contributed by atoms with E-state index in [1.807, 2.05) is 35.9 Å². The Hall–Kier alpha value is -2.29. The van der Waals surface area contributed by atoms with Crippen LogP contribution in [0.2, 0.25) is 0 Å². The number of para-hydroxylation sites is 2. The van der Waals surface area contributed by atoms with E-state index in [1.54, 1.807) is 4.57 Å². The number of nitrogens with zero attached hydrogens (tertiary/aromatic N) is 2. The Kier molecular flexibility index (Phi) is 2.97. The normalized spacial score (nSPS) is 11.2. The zero-order valence-corrected chi connectivity index (χ0v) is 12.1. The molecular formula is C17H18N2O. The van der Waals surface area contributed by atoms with Gasteiger partial charge < -0.3 is 0 Å². The highest BCUT2D eigenvalue weighted by Gasteiger charge is 2.12. The van der Waals surface area contributed by atoms with Crippen molar-refractivity contribution in [3.8, 4) is 0 Å². The molecule has 0 aliphatic rings. The number of hydrogen-bond donors (Lipinski definition) is 0. The molecule has 0 amide bonds. The third-order valence-electron chi connectivity index (χ3n) is 4.01. The van der Waals surface area contributed by atoms with Crippen LogP contribution in [0, 0.1) is 13.8 Å². The summed E-state index contributed by atoms with van der Waals surface area (Å²) in [5, 5.41) is 0. The van der Waals surface area contributed by atoms with Crippen LogP contribution in [0.3, 0.4) is 0 Å². The van der Waals surface area contributed by atoms with E-state index >= 15 is 0 Å². The highest BCUT2D eigenvalue weighted by molar-refractivity contribution is 5.76. The molecule has 0 aliphatic carbocycles. The van der Waals surface area contributed by atoms with Gasteiger partial charge in [0.25, 0.3) is 0 Å².